The van der Waals surface area contributed by atoms with Crippen LogP contribution < -0.4 is 14.2 Å². The summed E-state index contributed by atoms with van der Waals surface area (Å²) in [6.45, 7) is 4.03. The van der Waals surface area contributed by atoms with E-state index in [4.69, 9.17) is 18.9 Å². The number of benzene rings is 1. The Morgan fingerprint density at radius 1 is 1.17 bits per heavy atom. The Labute approximate surface area is 205 Å². The van der Waals surface area contributed by atoms with Gasteiger partial charge in [0.1, 0.15) is 27.9 Å². The number of sulfonamides is 1. The first-order valence-corrected chi connectivity index (χ1v) is 13.2. The highest BCUT2D eigenvalue weighted by Gasteiger charge is 2.42. The van der Waals surface area contributed by atoms with E-state index in [1.54, 1.807) is 18.4 Å². The monoisotopic (exact) mass is 498 g/mol. The lowest BCUT2D eigenvalue weighted by atomic mass is 9.74. The summed E-state index contributed by atoms with van der Waals surface area (Å²) in [7, 11) is -0.805. The van der Waals surface area contributed by atoms with Gasteiger partial charge in [0.15, 0.2) is 5.76 Å². The molecule has 5 heterocycles. The summed E-state index contributed by atoms with van der Waals surface area (Å²) in [5.74, 6) is 2.92. The standard InChI is InChI=1S/C25H30N4O5S/c1-16-27-21(13-22(28-16)23-5-4-10-34-23)20-15-29-9-8-17(20)11-18(29)14-26-35(30,31)25-12-19(32-2)6-7-24(25)33-3/h4-7,10,12-13,17-18,20,26H,8-9,11,14-15H2,1-3H3. The van der Waals surface area contributed by atoms with Crippen LogP contribution in [-0.2, 0) is 10.0 Å². The first-order chi connectivity index (χ1) is 16.9. The van der Waals surface area contributed by atoms with Crippen LogP contribution in [0.5, 0.6) is 11.5 Å². The number of aromatic nitrogens is 2. The van der Waals surface area contributed by atoms with Gasteiger partial charge < -0.3 is 13.9 Å². The van der Waals surface area contributed by atoms with E-state index in [9.17, 15) is 8.42 Å². The van der Waals surface area contributed by atoms with Gasteiger partial charge in [0.25, 0.3) is 0 Å². The second-order valence-corrected chi connectivity index (χ2v) is 10.8. The molecule has 3 fully saturated rings. The molecule has 3 aliphatic heterocycles. The molecule has 10 heteroatoms. The Morgan fingerprint density at radius 3 is 2.71 bits per heavy atom. The molecule has 186 valence electrons. The highest BCUT2D eigenvalue weighted by molar-refractivity contribution is 7.89. The normalized spacial score (nSPS) is 23.9. The Balaban J connectivity index is 1.30. The second kappa shape index (κ2) is 9.60. The van der Waals surface area contributed by atoms with Crippen LogP contribution in [0, 0.1) is 12.8 Å². The van der Waals surface area contributed by atoms with Gasteiger partial charge >= 0.3 is 0 Å². The lowest BCUT2D eigenvalue weighted by Gasteiger charge is -2.49. The third kappa shape index (κ3) is 4.78. The fourth-order valence-corrected chi connectivity index (χ4v) is 6.55. The van der Waals surface area contributed by atoms with Gasteiger partial charge in [-0.05, 0) is 62.6 Å². The average molecular weight is 499 g/mol. The van der Waals surface area contributed by atoms with Crippen molar-refractivity contribution >= 4 is 10.0 Å². The number of hydrogen-bond acceptors (Lipinski definition) is 8. The Hall–Kier alpha value is -2.95. The third-order valence-corrected chi connectivity index (χ3v) is 8.50. The van der Waals surface area contributed by atoms with Gasteiger partial charge in [-0.1, -0.05) is 0 Å². The summed E-state index contributed by atoms with van der Waals surface area (Å²) in [5, 5.41) is 0. The maximum atomic E-state index is 13.1. The number of nitrogens with zero attached hydrogens (tertiary/aromatic N) is 3. The van der Waals surface area contributed by atoms with Crippen molar-refractivity contribution in [2.45, 2.75) is 36.6 Å². The van der Waals surface area contributed by atoms with E-state index in [0.29, 0.717) is 18.2 Å². The quantitative estimate of drug-likeness (QED) is 0.505. The van der Waals surface area contributed by atoms with E-state index in [0.717, 1.165) is 48.9 Å². The van der Waals surface area contributed by atoms with Gasteiger partial charge in [-0.2, -0.15) is 0 Å². The zero-order chi connectivity index (χ0) is 24.6. The molecule has 1 N–H and O–H groups in total. The lowest BCUT2D eigenvalue weighted by molar-refractivity contribution is 0.0317. The van der Waals surface area contributed by atoms with Crippen molar-refractivity contribution in [2.24, 2.45) is 5.92 Å². The Morgan fingerprint density at radius 2 is 2.03 bits per heavy atom. The predicted molar refractivity (Wildman–Crippen MR) is 130 cm³/mol. The minimum absolute atomic E-state index is 0.0788. The van der Waals surface area contributed by atoms with Gasteiger partial charge in [0.05, 0.1) is 20.5 Å². The summed E-state index contributed by atoms with van der Waals surface area (Å²) in [4.78, 5) is 11.8. The number of aryl methyl sites for hydroxylation is 1. The van der Waals surface area contributed by atoms with Gasteiger partial charge in [-0.3, -0.25) is 4.90 Å². The highest BCUT2D eigenvalue weighted by Crippen LogP contribution is 2.42. The summed E-state index contributed by atoms with van der Waals surface area (Å²) in [6, 6.07) is 10.7. The Kier molecular flexibility index (Phi) is 6.52. The molecule has 2 aromatic heterocycles. The van der Waals surface area contributed by atoms with Gasteiger partial charge in [0, 0.05) is 36.8 Å². The van der Waals surface area contributed by atoms with Crippen LogP contribution in [0.25, 0.3) is 11.5 Å². The molecule has 9 nitrogen and oxygen atoms in total. The van der Waals surface area contributed by atoms with E-state index in [1.807, 2.05) is 25.1 Å². The minimum Gasteiger partial charge on any atom is -0.497 e. The lowest BCUT2D eigenvalue weighted by Crippen LogP contribution is -2.56. The molecule has 0 amide bonds. The summed E-state index contributed by atoms with van der Waals surface area (Å²) < 4.78 is 45.1. The molecule has 1 aromatic carbocycles. The van der Waals surface area contributed by atoms with Crippen LogP contribution in [0.3, 0.4) is 0 Å². The van der Waals surface area contributed by atoms with Crippen molar-refractivity contribution in [2.75, 3.05) is 33.9 Å². The molecule has 0 radical (unpaired) electrons. The number of fused-ring (bicyclic) bond motifs is 3. The number of piperidine rings is 3. The number of rotatable bonds is 8. The van der Waals surface area contributed by atoms with E-state index >= 15 is 0 Å². The molecule has 0 spiro atoms. The predicted octanol–water partition coefficient (Wildman–Crippen LogP) is 3.22. The molecule has 35 heavy (non-hydrogen) atoms. The molecular weight excluding hydrogens is 468 g/mol. The molecule has 0 saturated carbocycles. The second-order valence-electron chi connectivity index (χ2n) is 9.11. The number of methoxy groups -OCH3 is 2. The smallest absolute Gasteiger partial charge is 0.244 e. The number of furan rings is 1. The molecule has 4 unspecified atom stereocenters. The van der Waals surface area contributed by atoms with Crippen molar-refractivity contribution in [3.63, 3.8) is 0 Å². The molecular formula is C25H30N4O5S. The topological polar surface area (TPSA) is 107 Å². The van der Waals surface area contributed by atoms with Crippen molar-refractivity contribution in [1.29, 1.82) is 0 Å². The first kappa shape index (κ1) is 23.8. The largest absolute Gasteiger partial charge is 0.497 e. The number of ether oxygens (including phenoxy) is 2. The van der Waals surface area contributed by atoms with Gasteiger partial charge in [-0.15, -0.1) is 0 Å². The van der Waals surface area contributed by atoms with Crippen molar-refractivity contribution < 1.29 is 22.3 Å². The summed E-state index contributed by atoms with van der Waals surface area (Å²) in [5.41, 5.74) is 1.82. The first-order valence-electron chi connectivity index (χ1n) is 11.7. The van der Waals surface area contributed by atoms with E-state index in [-0.39, 0.29) is 22.6 Å². The SMILES string of the molecule is COc1ccc(OC)c(S(=O)(=O)NCC2CC3CCN2CC3c2cc(-c3ccco3)nc(C)n2)c1. The van der Waals surface area contributed by atoms with Crippen molar-refractivity contribution in [3.8, 4) is 23.0 Å². The zero-order valence-electron chi connectivity index (χ0n) is 20.1. The molecule has 6 rings (SSSR count). The molecule has 3 saturated heterocycles. The van der Waals surface area contributed by atoms with Crippen LogP contribution in [0.1, 0.15) is 30.3 Å². The van der Waals surface area contributed by atoms with E-state index in [2.05, 4.69) is 14.6 Å². The molecule has 3 aliphatic rings. The minimum atomic E-state index is -3.77. The fourth-order valence-electron chi connectivity index (χ4n) is 5.29. The van der Waals surface area contributed by atoms with E-state index < -0.39 is 10.0 Å². The highest BCUT2D eigenvalue weighted by atomic mass is 32.2. The van der Waals surface area contributed by atoms with Crippen LogP contribution in [0.2, 0.25) is 0 Å². The van der Waals surface area contributed by atoms with Crippen molar-refractivity contribution in [3.05, 3.63) is 54.2 Å². The number of hydrogen-bond donors (Lipinski definition) is 1. The van der Waals surface area contributed by atoms with E-state index in [1.165, 1.54) is 20.3 Å². The summed E-state index contributed by atoms with van der Waals surface area (Å²) in [6.07, 6.45) is 3.62. The van der Waals surface area contributed by atoms with Crippen LogP contribution in [0.4, 0.5) is 0 Å². The third-order valence-electron chi connectivity index (χ3n) is 7.06. The van der Waals surface area contributed by atoms with Crippen LogP contribution >= 0.6 is 0 Å². The fraction of sp³-hybridized carbons (Fsp3) is 0.440. The van der Waals surface area contributed by atoms with Crippen LogP contribution in [-0.4, -0.2) is 63.2 Å². The maximum Gasteiger partial charge on any atom is 0.244 e. The maximum absolute atomic E-state index is 13.1. The zero-order valence-corrected chi connectivity index (χ0v) is 20.9. The Bertz CT molecular complexity index is 1300. The molecule has 3 aromatic rings. The van der Waals surface area contributed by atoms with Crippen molar-refractivity contribution in [1.82, 2.24) is 19.6 Å². The summed E-state index contributed by atoms with van der Waals surface area (Å²) >= 11 is 0. The molecule has 4 atom stereocenters. The van der Waals surface area contributed by atoms with Gasteiger partial charge in [-0.25, -0.2) is 23.1 Å². The van der Waals surface area contributed by atoms with Crippen LogP contribution in [0.15, 0.2) is 52.0 Å². The number of nitrogens with one attached hydrogen (secondary N) is 1. The van der Waals surface area contributed by atoms with Gasteiger partial charge in [0.2, 0.25) is 10.0 Å². The average Bonchev–Trinajstić information content (AvgIpc) is 3.42. The molecule has 2 bridgehead atoms. The molecule has 0 aliphatic carbocycles.